The van der Waals surface area contributed by atoms with Crippen LogP contribution in [0.4, 0.5) is 5.82 Å². The van der Waals surface area contributed by atoms with Crippen molar-refractivity contribution in [2.24, 2.45) is 0 Å². The van der Waals surface area contributed by atoms with Gasteiger partial charge in [-0.25, -0.2) is 0 Å². The van der Waals surface area contributed by atoms with Gasteiger partial charge in [-0.2, -0.15) is 0 Å². The molecule has 0 unspecified atom stereocenters. The molecule has 9 heteroatoms. The number of carbonyl (C=O) groups excluding carboxylic acids is 2. The lowest BCUT2D eigenvalue weighted by Gasteiger charge is -2.28. The molecule has 2 aromatic rings. The summed E-state index contributed by atoms with van der Waals surface area (Å²) in [5.74, 6) is -0.228. The predicted molar refractivity (Wildman–Crippen MR) is 104 cm³/mol. The summed E-state index contributed by atoms with van der Waals surface area (Å²) in [6.07, 6.45) is 2.13. The molecule has 1 N–H and O–H groups in total. The van der Waals surface area contributed by atoms with Gasteiger partial charge < -0.3 is 19.5 Å². The highest BCUT2D eigenvalue weighted by Crippen LogP contribution is 2.13. The van der Waals surface area contributed by atoms with Crippen molar-refractivity contribution in [1.82, 2.24) is 15.0 Å². The van der Waals surface area contributed by atoms with E-state index in [4.69, 9.17) is 20.9 Å². The summed E-state index contributed by atoms with van der Waals surface area (Å²) >= 11 is 5.91. The molecular formula is C19H23ClN4O4. The van der Waals surface area contributed by atoms with Crippen molar-refractivity contribution in [3.8, 4) is 0 Å². The lowest BCUT2D eigenvalue weighted by molar-refractivity contribution is -0.117. The highest BCUT2D eigenvalue weighted by molar-refractivity contribution is 6.30. The minimum atomic E-state index is -0.331. The summed E-state index contributed by atoms with van der Waals surface area (Å²) in [5, 5.41) is 6.83. The van der Waals surface area contributed by atoms with E-state index in [2.05, 4.69) is 15.4 Å². The third kappa shape index (κ3) is 6.05. The molecule has 0 bridgehead atoms. The third-order valence-corrected chi connectivity index (χ3v) is 4.68. The Bertz CT molecular complexity index is 761. The third-order valence-electron chi connectivity index (χ3n) is 4.42. The topological polar surface area (TPSA) is 87.9 Å². The highest BCUT2D eigenvalue weighted by Gasteiger charge is 2.20. The molecule has 1 aliphatic heterocycles. The van der Waals surface area contributed by atoms with Crippen LogP contribution in [-0.2, 0) is 9.53 Å². The molecule has 0 spiro atoms. The van der Waals surface area contributed by atoms with Gasteiger partial charge in [0.1, 0.15) is 12.8 Å². The summed E-state index contributed by atoms with van der Waals surface area (Å²) in [7, 11) is 0. The molecule has 2 heterocycles. The fraction of sp³-hybridized carbons (Fsp3) is 0.421. The number of nitrogens with zero attached hydrogens (tertiary/aromatic N) is 3. The van der Waals surface area contributed by atoms with Crippen LogP contribution >= 0.6 is 11.6 Å². The summed E-state index contributed by atoms with van der Waals surface area (Å²) in [4.78, 5) is 29.1. The molecule has 150 valence electrons. The first-order valence-electron chi connectivity index (χ1n) is 9.17. The van der Waals surface area contributed by atoms with Crippen LogP contribution in [0.25, 0.3) is 0 Å². The number of amides is 2. The Morgan fingerprint density at radius 2 is 1.93 bits per heavy atom. The number of ether oxygens (including phenoxy) is 1. The van der Waals surface area contributed by atoms with Crippen molar-refractivity contribution in [1.29, 1.82) is 0 Å². The molecule has 0 saturated carbocycles. The first kappa shape index (κ1) is 20.3. The molecule has 1 aromatic heterocycles. The van der Waals surface area contributed by atoms with Gasteiger partial charge >= 0.3 is 0 Å². The van der Waals surface area contributed by atoms with Gasteiger partial charge in [0.2, 0.25) is 5.91 Å². The first-order chi connectivity index (χ1) is 13.6. The second-order valence-electron chi connectivity index (χ2n) is 6.47. The zero-order valence-electron chi connectivity index (χ0n) is 15.5. The standard InChI is InChI=1S/C19H23ClN4O4/c20-16-4-2-15(3-5-16)19(26)24(8-1-7-23-9-12-27-13-10-23)14-18(25)21-17-6-11-28-22-17/h2-6,11H,1,7-10,12-14H2,(H,21,22,25). The van der Waals surface area contributed by atoms with Crippen molar-refractivity contribution in [3.05, 3.63) is 47.2 Å². The Balaban J connectivity index is 1.60. The van der Waals surface area contributed by atoms with Crippen molar-refractivity contribution >= 4 is 29.2 Å². The summed E-state index contributed by atoms with van der Waals surface area (Å²) in [6, 6.07) is 8.19. The van der Waals surface area contributed by atoms with Gasteiger partial charge in [-0.05, 0) is 30.7 Å². The number of anilines is 1. The molecule has 1 fully saturated rings. The normalized spacial score (nSPS) is 14.6. The monoisotopic (exact) mass is 406 g/mol. The number of benzene rings is 1. The smallest absolute Gasteiger partial charge is 0.254 e. The Morgan fingerprint density at radius 3 is 2.61 bits per heavy atom. The van der Waals surface area contributed by atoms with E-state index in [1.165, 1.54) is 6.26 Å². The SMILES string of the molecule is O=C(CN(CCCN1CCOCC1)C(=O)c1ccc(Cl)cc1)Nc1ccon1. The second-order valence-corrected chi connectivity index (χ2v) is 6.91. The van der Waals surface area contributed by atoms with Gasteiger partial charge in [0.05, 0.1) is 13.2 Å². The lowest BCUT2D eigenvalue weighted by atomic mass is 10.2. The fourth-order valence-electron chi connectivity index (χ4n) is 2.97. The van der Waals surface area contributed by atoms with Gasteiger partial charge in [0.15, 0.2) is 5.82 Å². The molecule has 1 aliphatic rings. The Kier molecular flexibility index (Phi) is 7.41. The number of hydrogen-bond acceptors (Lipinski definition) is 6. The summed E-state index contributed by atoms with van der Waals surface area (Å²) in [5.41, 5.74) is 0.491. The van der Waals surface area contributed by atoms with Crippen molar-refractivity contribution < 1.29 is 18.8 Å². The van der Waals surface area contributed by atoms with E-state index in [9.17, 15) is 9.59 Å². The number of carbonyl (C=O) groups is 2. The predicted octanol–water partition coefficient (Wildman–Crippen LogP) is 2.13. The van der Waals surface area contributed by atoms with Gasteiger partial charge in [-0.15, -0.1) is 0 Å². The van der Waals surface area contributed by atoms with Crippen LogP contribution in [0.1, 0.15) is 16.8 Å². The van der Waals surface area contributed by atoms with Crippen LogP contribution in [0.3, 0.4) is 0 Å². The molecule has 28 heavy (non-hydrogen) atoms. The van der Waals surface area contributed by atoms with E-state index in [-0.39, 0.29) is 18.4 Å². The highest BCUT2D eigenvalue weighted by atomic mass is 35.5. The van der Waals surface area contributed by atoms with Gasteiger partial charge in [0, 0.05) is 42.8 Å². The van der Waals surface area contributed by atoms with Crippen LogP contribution in [0.15, 0.2) is 41.1 Å². The molecule has 2 amide bonds. The van der Waals surface area contributed by atoms with Crippen LogP contribution in [-0.4, -0.2) is 72.7 Å². The quantitative estimate of drug-likeness (QED) is 0.722. The second kappa shape index (κ2) is 10.2. The number of halogens is 1. The first-order valence-corrected chi connectivity index (χ1v) is 9.55. The largest absolute Gasteiger partial charge is 0.379 e. The van der Waals surface area contributed by atoms with Gasteiger partial charge in [0.25, 0.3) is 5.91 Å². The van der Waals surface area contributed by atoms with Crippen molar-refractivity contribution in [3.63, 3.8) is 0 Å². The van der Waals surface area contributed by atoms with Crippen molar-refractivity contribution in [2.45, 2.75) is 6.42 Å². The summed E-state index contributed by atoms with van der Waals surface area (Å²) in [6.45, 7) is 4.47. The van der Waals surface area contributed by atoms with E-state index >= 15 is 0 Å². The van der Waals surface area contributed by atoms with Crippen LogP contribution in [0, 0.1) is 0 Å². The van der Waals surface area contributed by atoms with E-state index in [1.807, 2.05) is 0 Å². The Hall–Kier alpha value is -2.42. The van der Waals surface area contributed by atoms with E-state index in [0.29, 0.717) is 22.9 Å². The zero-order valence-corrected chi connectivity index (χ0v) is 16.2. The molecule has 3 rings (SSSR count). The maximum absolute atomic E-state index is 12.9. The van der Waals surface area contributed by atoms with E-state index in [0.717, 1.165) is 39.3 Å². The average Bonchev–Trinajstić information content (AvgIpc) is 3.21. The summed E-state index contributed by atoms with van der Waals surface area (Å²) < 4.78 is 10.1. The molecule has 0 atom stereocenters. The Morgan fingerprint density at radius 1 is 1.18 bits per heavy atom. The minimum Gasteiger partial charge on any atom is -0.379 e. The number of rotatable bonds is 8. The molecule has 0 radical (unpaired) electrons. The number of nitrogens with one attached hydrogen (secondary N) is 1. The molecule has 0 aliphatic carbocycles. The molecule has 1 aromatic carbocycles. The number of aromatic nitrogens is 1. The van der Waals surface area contributed by atoms with Crippen LogP contribution in [0.5, 0.6) is 0 Å². The zero-order chi connectivity index (χ0) is 19.8. The van der Waals surface area contributed by atoms with E-state index in [1.54, 1.807) is 35.2 Å². The van der Waals surface area contributed by atoms with Crippen LogP contribution < -0.4 is 5.32 Å². The van der Waals surface area contributed by atoms with E-state index < -0.39 is 0 Å². The molecule has 1 saturated heterocycles. The van der Waals surface area contributed by atoms with Gasteiger partial charge in [-0.1, -0.05) is 16.8 Å². The molecular weight excluding hydrogens is 384 g/mol. The van der Waals surface area contributed by atoms with Crippen LogP contribution in [0.2, 0.25) is 5.02 Å². The maximum atomic E-state index is 12.9. The Labute approximate surface area is 168 Å². The van der Waals surface area contributed by atoms with Crippen molar-refractivity contribution in [2.75, 3.05) is 51.3 Å². The lowest BCUT2D eigenvalue weighted by Crippen LogP contribution is -2.41. The average molecular weight is 407 g/mol. The maximum Gasteiger partial charge on any atom is 0.254 e. The fourth-order valence-corrected chi connectivity index (χ4v) is 3.10. The molecule has 8 nitrogen and oxygen atoms in total. The minimum absolute atomic E-state index is 0.0720. The number of hydrogen-bond donors (Lipinski definition) is 1. The number of morpholine rings is 1. The van der Waals surface area contributed by atoms with Gasteiger partial charge in [-0.3, -0.25) is 14.5 Å².